The number of aryl methyl sites for hydroxylation is 1. The van der Waals surface area contributed by atoms with Crippen molar-refractivity contribution in [1.82, 2.24) is 0 Å². The van der Waals surface area contributed by atoms with E-state index in [-0.39, 0.29) is 0 Å². The average Bonchev–Trinajstić information content (AvgIpc) is 2.46. The second kappa shape index (κ2) is 5.88. The molecule has 0 bridgehead atoms. The summed E-state index contributed by atoms with van der Waals surface area (Å²) in [6.07, 6.45) is 1.05. The highest BCUT2D eigenvalue weighted by molar-refractivity contribution is 5.46. The van der Waals surface area contributed by atoms with E-state index < -0.39 is 0 Å². The predicted octanol–water partition coefficient (Wildman–Crippen LogP) is 3.73. The zero-order chi connectivity index (χ0) is 12.8. The zero-order valence-corrected chi connectivity index (χ0v) is 10.5. The van der Waals surface area contributed by atoms with Crippen LogP contribution in [0.3, 0.4) is 0 Å². The van der Waals surface area contributed by atoms with Crippen molar-refractivity contribution in [3.8, 4) is 6.07 Å². The highest BCUT2D eigenvalue weighted by Crippen LogP contribution is 2.13. The normalized spacial score (nSPS) is 9.78. The summed E-state index contributed by atoms with van der Waals surface area (Å²) < 4.78 is 0. The van der Waals surface area contributed by atoms with Crippen molar-refractivity contribution in [3.63, 3.8) is 0 Å². The number of hydrogen-bond acceptors (Lipinski definition) is 2. The first kappa shape index (κ1) is 12.2. The monoisotopic (exact) mass is 236 g/mol. The van der Waals surface area contributed by atoms with Crippen LogP contribution in [0.5, 0.6) is 0 Å². The lowest BCUT2D eigenvalue weighted by atomic mass is 10.1. The molecule has 0 atom stereocenters. The molecular formula is C16H16N2. The fraction of sp³-hybridized carbons (Fsp3) is 0.188. The minimum atomic E-state index is 0.701. The number of nitrogens with zero attached hydrogens (tertiary/aromatic N) is 1. The van der Waals surface area contributed by atoms with E-state index >= 15 is 0 Å². The molecule has 2 rings (SSSR count). The molecule has 90 valence electrons. The van der Waals surface area contributed by atoms with Gasteiger partial charge in [-0.05, 0) is 41.8 Å². The maximum absolute atomic E-state index is 8.73. The smallest absolute Gasteiger partial charge is 0.0991 e. The topological polar surface area (TPSA) is 35.8 Å². The molecule has 0 aliphatic heterocycles. The van der Waals surface area contributed by atoms with Crippen LogP contribution >= 0.6 is 0 Å². The standard InChI is InChI=1S/C16H16N2/c1-2-13-4-3-5-16(10-13)18-12-15-8-6-14(11-17)7-9-15/h3-10,18H,2,12H2,1H3. The van der Waals surface area contributed by atoms with Crippen LogP contribution < -0.4 is 5.32 Å². The molecule has 2 heteroatoms. The van der Waals surface area contributed by atoms with Crippen LogP contribution in [-0.4, -0.2) is 0 Å². The van der Waals surface area contributed by atoms with E-state index in [1.807, 2.05) is 24.3 Å². The highest BCUT2D eigenvalue weighted by Gasteiger charge is 1.96. The Morgan fingerprint density at radius 2 is 1.83 bits per heavy atom. The summed E-state index contributed by atoms with van der Waals surface area (Å²) in [5.74, 6) is 0. The molecule has 0 amide bonds. The van der Waals surface area contributed by atoms with E-state index in [4.69, 9.17) is 5.26 Å². The van der Waals surface area contributed by atoms with Crippen molar-refractivity contribution in [3.05, 3.63) is 65.2 Å². The van der Waals surface area contributed by atoms with Crippen LogP contribution in [-0.2, 0) is 13.0 Å². The van der Waals surface area contributed by atoms with Crippen LogP contribution in [0, 0.1) is 11.3 Å². The third-order valence-electron chi connectivity index (χ3n) is 2.91. The Morgan fingerprint density at radius 3 is 2.50 bits per heavy atom. The molecule has 2 nitrogen and oxygen atoms in total. The van der Waals surface area contributed by atoms with Gasteiger partial charge in [0.05, 0.1) is 11.6 Å². The van der Waals surface area contributed by atoms with Gasteiger partial charge in [-0.2, -0.15) is 5.26 Å². The van der Waals surface area contributed by atoms with Crippen molar-refractivity contribution in [1.29, 1.82) is 5.26 Å². The van der Waals surface area contributed by atoms with Gasteiger partial charge in [-0.25, -0.2) is 0 Å². The van der Waals surface area contributed by atoms with E-state index in [0.29, 0.717) is 5.56 Å². The largest absolute Gasteiger partial charge is 0.381 e. The Bertz CT molecular complexity index is 550. The number of nitriles is 1. The molecule has 0 spiro atoms. The lowest BCUT2D eigenvalue weighted by Gasteiger charge is -2.08. The number of nitrogens with one attached hydrogen (secondary N) is 1. The Labute approximate surface area is 108 Å². The average molecular weight is 236 g/mol. The van der Waals surface area contributed by atoms with E-state index in [9.17, 15) is 0 Å². The fourth-order valence-electron chi connectivity index (χ4n) is 1.80. The molecule has 0 heterocycles. The van der Waals surface area contributed by atoms with Crippen LogP contribution in [0.1, 0.15) is 23.6 Å². The van der Waals surface area contributed by atoms with Gasteiger partial charge in [0.25, 0.3) is 0 Å². The molecule has 0 unspecified atom stereocenters. The predicted molar refractivity (Wildman–Crippen MR) is 74.3 cm³/mol. The van der Waals surface area contributed by atoms with Gasteiger partial charge >= 0.3 is 0 Å². The highest BCUT2D eigenvalue weighted by atomic mass is 14.9. The first-order valence-corrected chi connectivity index (χ1v) is 6.13. The van der Waals surface area contributed by atoms with Crippen molar-refractivity contribution < 1.29 is 0 Å². The summed E-state index contributed by atoms with van der Waals surface area (Å²) >= 11 is 0. The molecule has 0 aliphatic carbocycles. The summed E-state index contributed by atoms with van der Waals surface area (Å²) in [4.78, 5) is 0. The van der Waals surface area contributed by atoms with Crippen LogP contribution in [0.15, 0.2) is 48.5 Å². The number of rotatable bonds is 4. The Kier molecular flexibility index (Phi) is 3.98. The van der Waals surface area contributed by atoms with Gasteiger partial charge < -0.3 is 5.32 Å². The first-order valence-electron chi connectivity index (χ1n) is 6.13. The van der Waals surface area contributed by atoms with Crippen LogP contribution in [0.4, 0.5) is 5.69 Å². The number of anilines is 1. The zero-order valence-electron chi connectivity index (χ0n) is 10.5. The quantitative estimate of drug-likeness (QED) is 0.878. The van der Waals surface area contributed by atoms with Gasteiger partial charge in [-0.15, -0.1) is 0 Å². The maximum Gasteiger partial charge on any atom is 0.0991 e. The van der Waals surface area contributed by atoms with Gasteiger partial charge in [0.1, 0.15) is 0 Å². The summed E-state index contributed by atoms with van der Waals surface area (Å²) in [5.41, 5.74) is 4.35. The molecule has 0 saturated carbocycles. The Balaban J connectivity index is 2.00. The molecule has 2 aromatic rings. The van der Waals surface area contributed by atoms with E-state index in [1.54, 1.807) is 0 Å². The fourth-order valence-corrected chi connectivity index (χ4v) is 1.80. The second-order valence-electron chi connectivity index (χ2n) is 4.22. The minimum absolute atomic E-state index is 0.701. The molecule has 0 aromatic heterocycles. The number of hydrogen-bond donors (Lipinski definition) is 1. The van der Waals surface area contributed by atoms with Gasteiger partial charge in [0.15, 0.2) is 0 Å². The van der Waals surface area contributed by atoms with Gasteiger partial charge in [-0.3, -0.25) is 0 Å². The van der Waals surface area contributed by atoms with Crippen LogP contribution in [0.2, 0.25) is 0 Å². The summed E-state index contributed by atoms with van der Waals surface area (Å²) in [7, 11) is 0. The molecule has 0 fully saturated rings. The van der Waals surface area contributed by atoms with E-state index in [2.05, 4.69) is 42.6 Å². The third kappa shape index (κ3) is 3.11. The Hall–Kier alpha value is -2.27. The molecule has 0 aliphatic rings. The lowest BCUT2D eigenvalue weighted by molar-refractivity contribution is 1.12. The summed E-state index contributed by atoms with van der Waals surface area (Å²) in [6, 6.07) is 18.2. The van der Waals surface area contributed by atoms with Gasteiger partial charge in [0, 0.05) is 12.2 Å². The minimum Gasteiger partial charge on any atom is -0.381 e. The van der Waals surface area contributed by atoms with Crippen molar-refractivity contribution in [2.24, 2.45) is 0 Å². The maximum atomic E-state index is 8.73. The van der Waals surface area contributed by atoms with Crippen LogP contribution in [0.25, 0.3) is 0 Å². The van der Waals surface area contributed by atoms with E-state index in [1.165, 1.54) is 11.1 Å². The van der Waals surface area contributed by atoms with Crippen molar-refractivity contribution in [2.75, 3.05) is 5.32 Å². The van der Waals surface area contributed by atoms with E-state index in [0.717, 1.165) is 18.7 Å². The molecule has 0 radical (unpaired) electrons. The summed E-state index contributed by atoms with van der Waals surface area (Å²) in [6.45, 7) is 2.93. The first-order chi connectivity index (χ1) is 8.81. The lowest BCUT2D eigenvalue weighted by Crippen LogP contribution is -1.99. The van der Waals surface area contributed by atoms with Crippen molar-refractivity contribution in [2.45, 2.75) is 19.9 Å². The number of benzene rings is 2. The molecule has 0 saturated heterocycles. The second-order valence-corrected chi connectivity index (χ2v) is 4.22. The molecule has 18 heavy (non-hydrogen) atoms. The molecular weight excluding hydrogens is 220 g/mol. The SMILES string of the molecule is CCc1cccc(NCc2ccc(C#N)cc2)c1. The van der Waals surface area contributed by atoms with Gasteiger partial charge in [0.2, 0.25) is 0 Å². The Morgan fingerprint density at radius 1 is 1.06 bits per heavy atom. The molecule has 1 N–H and O–H groups in total. The molecule has 2 aromatic carbocycles. The van der Waals surface area contributed by atoms with Gasteiger partial charge in [-0.1, -0.05) is 31.2 Å². The summed E-state index contributed by atoms with van der Waals surface area (Å²) in [5, 5.41) is 12.1. The third-order valence-corrected chi connectivity index (χ3v) is 2.91. The van der Waals surface area contributed by atoms with Crippen molar-refractivity contribution >= 4 is 5.69 Å².